The molecule has 4 saturated heterocycles. The molecule has 1 aromatic heterocycles. The zero-order valence-corrected chi connectivity index (χ0v) is 26.5. The Balaban J connectivity index is 1.07. The molecule has 2 bridgehead atoms. The normalized spacial score (nSPS) is 31.9. The molecule has 2 N–H and O–H groups in total. The number of terminal acetylenes is 1. The van der Waals surface area contributed by atoms with Crippen molar-refractivity contribution in [1.82, 2.24) is 20.2 Å². The van der Waals surface area contributed by atoms with Gasteiger partial charge in [-0.2, -0.15) is 9.97 Å². The molecule has 5 unspecified atom stereocenters. The van der Waals surface area contributed by atoms with Gasteiger partial charge in [-0.25, -0.2) is 4.39 Å². The number of alkyl halides is 1. The van der Waals surface area contributed by atoms with Crippen molar-refractivity contribution < 1.29 is 14.2 Å². The predicted molar refractivity (Wildman–Crippen MR) is 177 cm³/mol. The third-order valence-corrected chi connectivity index (χ3v) is 12.0. The lowest BCUT2D eigenvalue weighted by Gasteiger charge is -2.38. The van der Waals surface area contributed by atoms with Crippen molar-refractivity contribution in [3.8, 4) is 24.1 Å². The number of benzene rings is 2. The van der Waals surface area contributed by atoms with Crippen molar-refractivity contribution >= 4 is 22.3 Å². The fourth-order valence-electron chi connectivity index (χ4n) is 10.1. The predicted octanol–water partition coefficient (Wildman–Crippen LogP) is 5.09. The number of halogens is 1. The van der Waals surface area contributed by atoms with E-state index in [1.165, 1.54) is 18.4 Å². The van der Waals surface area contributed by atoms with Gasteiger partial charge in [0.25, 0.3) is 0 Å². The number of aromatic nitrogens is 2. The molecule has 9 rings (SSSR count). The molecule has 3 aromatic rings. The van der Waals surface area contributed by atoms with Crippen LogP contribution in [0.15, 0.2) is 30.3 Å². The molecule has 0 amide bonds. The van der Waals surface area contributed by atoms with Gasteiger partial charge >= 0.3 is 6.01 Å². The van der Waals surface area contributed by atoms with Crippen LogP contribution in [0.1, 0.15) is 74.6 Å². The molecule has 240 valence electrons. The van der Waals surface area contributed by atoms with E-state index in [1.54, 1.807) is 6.07 Å². The summed E-state index contributed by atoms with van der Waals surface area (Å²) in [5, 5.41) is 16.3. The number of aromatic hydroxyl groups is 1. The lowest BCUT2D eigenvalue weighted by Crippen LogP contribution is -2.52. The second-order valence-electron chi connectivity index (χ2n) is 14.8. The maximum Gasteiger partial charge on any atom is 0.318 e. The highest BCUT2D eigenvalue weighted by atomic mass is 19.1. The summed E-state index contributed by atoms with van der Waals surface area (Å²) in [5.74, 6) is 4.06. The summed E-state index contributed by atoms with van der Waals surface area (Å²) in [5.41, 5.74) is 2.47. The Kier molecular flexibility index (Phi) is 6.66. The maximum atomic E-state index is 16.3. The Morgan fingerprint density at radius 1 is 1.04 bits per heavy atom. The number of nitrogens with one attached hydrogen (secondary N) is 1. The van der Waals surface area contributed by atoms with Crippen LogP contribution in [-0.2, 0) is 13.0 Å². The third-order valence-electron chi connectivity index (χ3n) is 12.0. The minimum Gasteiger partial charge on any atom is -0.508 e. The molecule has 5 fully saturated rings. The number of ether oxygens (including phenoxy) is 1. The smallest absolute Gasteiger partial charge is 0.318 e. The van der Waals surface area contributed by atoms with E-state index in [1.807, 2.05) is 24.3 Å². The van der Waals surface area contributed by atoms with Crippen LogP contribution in [0.2, 0.25) is 0 Å². The van der Waals surface area contributed by atoms with Gasteiger partial charge in [-0.3, -0.25) is 4.90 Å². The first-order chi connectivity index (χ1) is 22.4. The molecular formula is C37H43FN6O2. The van der Waals surface area contributed by atoms with Crippen LogP contribution in [0.4, 0.5) is 15.9 Å². The van der Waals surface area contributed by atoms with E-state index in [4.69, 9.17) is 21.1 Å². The average molecular weight is 623 g/mol. The molecule has 1 saturated carbocycles. The Morgan fingerprint density at radius 2 is 1.91 bits per heavy atom. The van der Waals surface area contributed by atoms with Gasteiger partial charge in [-0.15, -0.1) is 6.42 Å². The van der Waals surface area contributed by atoms with E-state index >= 15 is 4.39 Å². The molecular weight excluding hydrogens is 579 g/mol. The summed E-state index contributed by atoms with van der Waals surface area (Å²) in [6, 6.07) is 10.8. The number of hydrogen-bond acceptors (Lipinski definition) is 8. The SMILES string of the molecule is C#Cc1cccc2cc(O)cc(N3CCc4c(nc(OCC56CCCN5C5CCCCC5(F)C6)nc4N4CC5CCC(C4)N5)C3)c12. The zero-order chi connectivity index (χ0) is 31.0. The molecule has 5 atom stereocenters. The van der Waals surface area contributed by atoms with Crippen molar-refractivity contribution in [2.24, 2.45) is 0 Å². The highest BCUT2D eigenvalue weighted by Gasteiger charge is 2.62. The lowest BCUT2D eigenvalue weighted by atomic mass is 9.79. The summed E-state index contributed by atoms with van der Waals surface area (Å²) in [4.78, 5) is 17.4. The van der Waals surface area contributed by atoms with E-state index in [0.29, 0.717) is 44.1 Å². The first-order valence-electron chi connectivity index (χ1n) is 17.4. The van der Waals surface area contributed by atoms with Gasteiger partial charge in [0, 0.05) is 72.4 Å². The molecule has 8 nitrogen and oxygen atoms in total. The zero-order valence-electron chi connectivity index (χ0n) is 26.5. The third kappa shape index (κ3) is 4.55. The van der Waals surface area contributed by atoms with Gasteiger partial charge < -0.3 is 25.0 Å². The second-order valence-corrected chi connectivity index (χ2v) is 14.8. The molecule has 0 spiro atoms. The van der Waals surface area contributed by atoms with Crippen molar-refractivity contribution in [3.05, 3.63) is 47.2 Å². The van der Waals surface area contributed by atoms with Gasteiger partial charge in [0.05, 0.1) is 17.8 Å². The Morgan fingerprint density at radius 3 is 2.76 bits per heavy atom. The van der Waals surface area contributed by atoms with Crippen molar-refractivity contribution in [2.45, 2.75) is 100 Å². The molecule has 2 aromatic carbocycles. The number of rotatable bonds is 5. The summed E-state index contributed by atoms with van der Waals surface area (Å²) in [6.07, 6.45) is 15.4. The molecule has 6 aliphatic rings. The Labute approximate surface area is 270 Å². The van der Waals surface area contributed by atoms with Crippen LogP contribution in [-0.4, -0.2) is 82.1 Å². The number of piperazine rings is 1. The van der Waals surface area contributed by atoms with Crippen LogP contribution < -0.4 is 19.9 Å². The highest BCUT2D eigenvalue weighted by molar-refractivity contribution is 6.00. The number of phenolic OH excluding ortho intramolecular Hbond substituents is 1. The fourth-order valence-corrected chi connectivity index (χ4v) is 10.1. The number of hydrogen-bond donors (Lipinski definition) is 2. The van der Waals surface area contributed by atoms with Gasteiger partial charge in [0.2, 0.25) is 0 Å². The molecule has 1 aliphatic carbocycles. The Hall–Kier alpha value is -3.61. The average Bonchev–Trinajstić information content (AvgIpc) is 3.70. The van der Waals surface area contributed by atoms with Gasteiger partial charge in [0.15, 0.2) is 0 Å². The summed E-state index contributed by atoms with van der Waals surface area (Å²) in [6.45, 7) is 4.55. The largest absolute Gasteiger partial charge is 0.508 e. The standard InChI is InChI=1S/C37H43FN6O2/c1-2-24-7-5-8-25-17-28(45)18-31(33(24)25)42-16-12-29-30(21-42)40-35(41-34(29)43-19-26-10-11-27(20-43)39-26)46-23-36-13-6-15-44(36)32-9-3-4-14-37(32,38)22-36/h1,5,7-8,17-18,26-27,32,39,45H,3-4,6,9-16,19-23H2. The van der Waals surface area contributed by atoms with Crippen LogP contribution in [0.5, 0.6) is 11.8 Å². The van der Waals surface area contributed by atoms with Crippen molar-refractivity contribution in [1.29, 1.82) is 0 Å². The van der Waals surface area contributed by atoms with E-state index in [-0.39, 0.29) is 17.3 Å². The summed E-state index contributed by atoms with van der Waals surface area (Å²) in [7, 11) is 0. The minimum absolute atomic E-state index is 0.0160. The van der Waals surface area contributed by atoms with Crippen LogP contribution >= 0.6 is 0 Å². The monoisotopic (exact) mass is 622 g/mol. The topological polar surface area (TPSA) is 77.0 Å². The van der Waals surface area contributed by atoms with Gasteiger partial charge in [0.1, 0.15) is 23.8 Å². The van der Waals surface area contributed by atoms with Crippen LogP contribution in [0.3, 0.4) is 0 Å². The molecule has 9 heteroatoms. The Bertz CT molecular complexity index is 1730. The van der Waals surface area contributed by atoms with E-state index in [0.717, 1.165) is 98.2 Å². The van der Waals surface area contributed by atoms with Gasteiger partial charge in [-0.1, -0.05) is 30.9 Å². The molecule has 6 heterocycles. The maximum absolute atomic E-state index is 16.3. The van der Waals surface area contributed by atoms with Crippen molar-refractivity contribution in [3.63, 3.8) is 0 Å². The van der Waals surface area contributed by atoms with E-state index in [9.17, 15) is 5.11 Å². The highest BCUT2D eigenvalue weighted by Crippen LogP contribution is 2.54. The second kappa shape index (κ2) is 10.7. The van der Waals surface area contributed by atoms with Crippen LogP contribution in [0, 0.1) is 12.3 Å². The summed E-state index contributed by atoms with van der Waals surface area (Å²) >= 11 is 0. The minimum atomic E-state index is -1.11. The van der Waals surface area contributed by atoms with Crippen molar-refractivity contribution in [2.75, 3.05) is 42.6 Å². The van der Waals surface area contributed by atoms with E-state index in [2.05, 4.69) is 25.9 Å². The number of fused-ring (bicyclic) bond motifs is 7. The molecule has 5 aliphatic heterocycles. The fraction of sp³-hybridized carbons (Fsp3) is 0.568. The first kappa shape index (κ1) is 28.6. The van der Waals surface area contributed by atoms with Crippen LogP contribution in [0.25, 0.3) is 10.8 Å². The van der Waals surface area contributed by atoms with Gasteiger partial charge in [-0.05, 0) is 69.0 Å². The first-order valence-corrected chi connectivity index (χ1v) is 17.4. The summed E-state index contributed by atoms with van der Waals surface area (Å²) < 4.78 is 22.9. The molecule has 46 heavy (non-hydrogen) atoms. The quantitative estimate of drug-likeness (QED) is 0.382. The number of phenols is 1. The number of nitrogens with zero attached hydrogens (tertiary/aromatic N) is 5. The molecule has 0 radical (unpaired) electrons. The number of anilines is 2. The van der Waals surface area contributed by atoms with E-state index < -0.39 is 5.67 Å². The lowest BCUT2D eigenvalue weighted by molar-refractivity contribution is 0.0461.